The lowest BCUT2D eigenvalue weighted by Crippen LogP contribution is -1.96. The molecule has 2 heterocycles. The van der Waals surface area contributed by atoms with Gasteiger partial charge in [-0.15, -0.1) is 0 Å². The molecule has 0 radical (unpaired) electrons. The monoisotopic (exact) mass is 218 g/mol. The Kier molecular flexibility index (Phi) is 2.52. The van der Waals surface area contributed by atoms with Gasteiger partial charge in [0.05, 0.1) is 24.2 Å². The molecule has 2 aromatic rings. The summed E-state index contributed by atoms with van der Waals surface area (Å²) in [7, 11) is 3.43. The van der Waals surface area contributed by atoms with E-state index in [0.29, 0.717) is 11.6 Å². The van der Waals surface area contributed by atoms with Crippen LogP contribution in [0.3, 0.4) is 0 Å². The van der Waals surface area contributed by atoms with Crippen LogP contribution < -0.4 is 10.5 Å². The summed E-state index contributed by atoms with van der Waals surface area (Å²) in [5.41, 5.74) is 8.98. The van der Waals surface area contributed by atoms with Crippen LogP contribution in [0.15, 0.2) is 18.3 Å². The normalized spacial score (nSPS) is 10.4. The fourth-order valence-corrected chi connectivity index (χ4v) is 1.62. The summed E-state index contributed by atoms with van der Waals surface area (Å²) >= 11 is 0. The first-order chi connectivity index (χ1) is 7.61. The number of nitrogens with two attached hydrogens (primary N) is 1. The third-order valence-electron chi connectivity index (χ3n) is 2.37. The first-order valence-corrected chi connectivity index (χ1v) is 4.93. The van der Waals surface area contributed by atoms with E-state index in [4.69, 9.17) is 10.5 Å². The molecule has 0 unspecified atom stereocenters. The van der Waals surface area contributed by atoms with Crippen LogP contribution in [0.4, 0.5) is 5.69 Å². The van der Waals surface area contributed by atoms with Gasteiger partial charge in [-0.3, -0.25) is 4.68 Å². The van der Waals surface area contributed by atoms with E-state index < -0.39 is 0 Å². The molecule has 5 heteroatoms. The van der Waals surface area contributed by atoms with Crippen LogP contribution in [0.25, 0.3) is 11.3 Å². The zero-order valence-electron chi connectivity index (χ0n) is 9.56. The molecule has 84 valence electrons. The highest BCUT2D eigenvalue weighted by Crippen LogP contribution is 2.25. The van der Waals surface area contributed by atoms with Crippen molar-refractivity contribution in [1.82, 2.24) is 14.8 Å². The molecule has 0 bridgehead atoms. The van der Waals surface area contributed by atoms with Gasteiger partial charge in [-0.05, 0) is 19.1 Å². The number of anilines is 1. The maximum Gasteiger partial charge on any atom is 0.237 e. The predicted octanol–water partition coefficient (Wildman–Crippen LogP) is 1.38. The van der Waals surface area contributed by atoms with Gasteiger partial charge in [0.25, 0.3) is 0 Å². The van der Waals surface area contributed by atoms with Crippen LogP contribution in [0.2, 0.25) is 0 Å². The lowest BCUT2D eigenvalue weighted by Gasteiger charge is -2.05. The number of nitrogen functional groups attached to an aromatic ring is 1. The molecule has 5 nitrogen and oxygen atoms in total. The molecule has 0 aromatic carbocycles. The first-order valence-electron chi connectivity index (χ1n) is 4.93. The zero-order chi connectivity index (χ0) is 11.7. The number of methoxy groups -OCH3 is 1. The van der Waals surface area contributed by atoms with Gasteiger partial charge in [0.15, 0.2) is 0 Å². The fourth-order valence-electron chi connectivity index (χ4n) is 1.62. The van der Waals surface area contributed by atoms with Crippen molar-refractivity contribution in [1.29, 1.82) is 0 Å². The molecule has 16 heavy (non-hydrogen) atoms. The number of hydrogen-bond acceptors (Lipinski definition) is 4. The highest BCUT2D eigenvalue weighted by atomic mass is 16.5. The van der Waals surface area contributed by atoms with Gasteiger partial charge >= 0.3 is 0 Å². The van der Waals surface area contributed by atoms with Gasteiger partial charge in [-0.2, -0.15) is 5.10 Å². The Morgan fingerprint density at radius 1 is 1.38 bits per heavy atom. The van der Waals surface area contributed by atoms with E-state index in [1.807, 2.05) is 26.2 Å². The molecule has 2 aromatic heterocycles. The lowest BCUT2D eigenvalue weighted by molar-refractivity contribution is 0.401. The summed E-state index contributed by atoms with van der Waals surface area (Å²) in [6.45, 7) is 1.94. The second-order valence-corrected chi connectivity index (χ2v) is 3.60. The van der Waals surface area contributed by atoms with Crippen LogP contribution in [0.5, 0.6) is 5.88 Å². The van der Waals surface area contributed by atoms with E-state index in [-0.39, 0.29) is 0 Å². The first kappa shape index (κ1) is 10.5. The minimum absolute atomic E-state index is 0.445. The third kappa shape index (κ3) is 1.71. The maximum absolute atomic E-state index is 5.71. The van der Waals surface area contributed by atoms with Gasteiger partial charge < -0.3 is 10.5 Å². The molecule has 0 saturated carbocycles. The molecule has 0 saturated heterocycles. The molecule has 0 aliphatic rings. The number of ether oxygens (including phenoxy) is 1. The van der Waals surface area contributed by atoms with Gasteiger partial charge in [0, 0.05) is 18.8 Å². The molecule has 0 amide bonds. The van der Waals surface area contributed by atoms with Crippen molar-refractivity contribution in [2.45, 2.75) is 6.92 Å². The quantitative estimate of drug-likeness (QED) is 0.827. The molecule has 0 atom stereocenters. The Balaban J connectivity index is 2.52. The maximum atomic E-state index is 5.71. The average Bonchev–Trinajstić information content (AvgIpc) is 2.59. The fraction of sp³-hybridized carbons (Fsp3) is 0.273. The van der Waals surface area contributed by atoms with E-state index in [2.05, 4.69) is 10.1 Å². The number of aromatic nitrogens is 3. The van der Waals surface area contributed by atoms with Gasteiger partial charge in [-0.1, -0.05) is 0 Å². The van der Waals surface area contributed by atoms with Crippen LogP contribution in [-0.4, -0.2) is 21.9 Å². The summed E-state index contributed by atoms with van der Waals surface area (Å²) in [6, 6.07) is 3.65. The largest absolute Gasteiger partial charge is 0.480 e. The SMILES string of the molecule is COc1nc(-c2cn(C)nc2C)ccc1N. The zero-order valence-corrected chi connectivity index (χ0v) is 9.56. The van der Waals surface area contributed by atoms with E-state index in [9.17, 15) is 0 Å². The van der Waals surface area contributed by atoms with Crippen molar-refractivity contribution in [2.75, 3.05) is 12.8 Å². The van der Waals surface area contributed by atoms with Gasteiger partial charge in [-0.25, -0.2) is 4.98 Å². The number of aryl methyl sites for hydroxylation is 2. The van der Waals surface area contributed by atoms with Crippen molar-refractivity contribution in [3.63, 3.8) is 0 Å². The molecule has 0 aliphatic heterocycles. The molecule has 0 aliphatic carbocycles. The van der Waals surface area contributed by atoms with Crippen molar-refractivity contribution in [2.24, 2.45) is 7.05 Å². The van der Waals surface area contributed by atoms with Gasteiger partial charge in [0.2, 0.25) is 5.88 Å². The number of nitrogens with zero attached hydrogens (tertiary/aromatic N) is 3. The summed E-state index contributed by atoms with van der Waals surface area (Å²) in [4.78, 5) is 4.33. The van der Waals surface area contributed by atoms with Crippen molar-refractivity contribution in [3.05, 3.63) is 24.0 Å². The van der Waals surface area contributed by atoms with E-state index in [0.717, 1.165) is 17.0 Å². The minimum Gasteiger partial charge on any atom is -0.480 e. The van der Waals surface area contributed by atoms with Crippen LogP contribution in [0, 0.1) is 6.92 Å². The molecular formula is C11H14N4O. The number of hydrogen-bond donors (Lipinski definition) is 1. The van der Waals surface area contributed by atoms with Gasteiger partial charge in [0.1, 0.15) is 0 Å². The number of pyridine rings is 1. The summed E-state index contributed by atoms with van der Waals surface area (Å²) in [5, 5.41) is 4.27. The van der Waals surface area contributed by atoms with Crippen LogP contribution in [0.1, 0.15) is 5.69 Å². The standard InChI is InChI=1S/C11H14N4O/c1-7-8(6-15(2)14-7)10-5-4-9(12)11(13-10)16-3/h4-6H,12H2,1-3H3. The second-order valence-electron chi connectivity index (χ2n) is 3.60. The Hall–Kier alpha value is -2.04. The summed E-state index contributed by atoms with van der Waals surface area (Å²) in [5.74, 6) is 0.445. The topological polar surface area (TPSA) is 66.0 Å². The Bertz CT molecular complexity index is 519. The van der Waals surface area contributed by atoms with Crippen LogP contribution in [-0.2, 0) is 7.05 Å². The molecular weight excluding hydrogens is 204 g/mol. The predicted molar refractivity (Wildman–Crippen MR) is 62.1 cm³/mol. The minimum atomic E-state index is 0.445. The Labute approximate surface area is 93.9 Å². The van der Waals surface area contributed by atoms with E-state index in [1.54, 1.807) is 17.9 Å². The molecule has 0 spiro atoms. The Morgan fingerprint density at radius 3 is 2.69 bits per heavy atom. The highest BCUT2D eigenvalue weighted by Gasteiger charge is 2.09. The summed E-state index contributed by atoms with van der Waals surface area (Å²) in [6.07, 6.45) is 1.92. The van der Waals surface area contributed by atoms with E-state index >= 15 is 0 Å². The smallest absolute Gasteiger partial charge is 0.237 e. The van der Waals surface area contributed by atoms with Crippen molar-refractivity contribution >= 4 is 5.69 Å². The third-order valence-corrected chi connectivity index (χ3v) is 2.37. The van der Waals surface area contributed by atoms with Crippen molar-refractivity contribution in [3.8, 4) is 17.1 Å². The lowest BCUT2D eigenvalue weighted by atomic mass is 10.2. The van der Waals surface area contributed by atoms with E-state index in [1.165, 1.54) is 0 Å². The number of rotatable bonds is 2. The molecule has 2 rings (SSSR count). The Morgan fingerprint density at radius 2 is 2.12 bits per heavy atom. The summed E-state index contributed by atoms with van der Waals surface area (Å²) < 4.78 is 6.85. The van der Waals surface area contributed by atoms with Crippen molar-refractivity contribution < 1.29 is 4.74 Å². The van der Waals surface area contributed by atoms with Crippen LogP contribution >= 0.6 is 0 Å². The second kappa shape index (κ2) is 3.84. The molecule has 2 N–H and O–H groups in total. The highest BCUT2D eigenvalue weighted by molar-refractivity contribution is 5.64. The average molecular weight is 218 g/mol. The molecule has 0 fully saturated rings.